The highest BCUT2D eigenvalue weighted by molar-refractivity contribution is 6.29. The van der Waals surface area contributed by atoms with E-state index in [0.29, 0.717) is 13.0 Å². The lowest BCUT2D eigenvalue weighted by Crippen LogP contribution is -2.41. The maximum Gasteiger partial charge on any atom is 0.222 e. The topological polar surface area (TPSA) is 49.7 Å². The van der Waals surface area contributed by atoms with Crippen molar-refractivity contribution in [1.82, 2.24) is 0 Å². The molecule has 1 saturated heterocycles. The lowest BCUT2D eigenvalue weighted by Gasteiger charge is -2.29. The van der Waals surface area contributed by atoms with Crippen molar-refractivity contribution in [3.05, 3.63) is 0 Å². The Hall–Kier alpha value is 0.0969. The van der Waals surface area contributed by atoms with E-state index in [4.69, 9.17) is 9.53 Å². The number of hydrogen-bond acceptors (Lipinski definition) is 3. The fourth-order valence-corrected chi connectivity index (χ4v) is 1.61. The lowest BCUT2D eigenvalue weighted by molar-refractivity contribution is -0.169. The predicted molar refractivity (Wildman–Crippen MR) is 35.5 cm³/mol. The molecule has 54 valence electrons. The third-order valence-electron chi connectivity index (χ3n) is 1.58. The van der Waals surface area contributed by atoms with E-state index in [9.17, 15) is 5.11 Å². The average molecular weight is 148 g/mol. The van der Waals surface area contributed by atoms with Gasteiger partial charge in [-0.15, -0.1) is 0 Å². The molecule has 0 spiro atoms. The van der Waals surface area contributed by atoms with E-state index in [1.807, 2.05) is 0 Å². The van der Waals surface area contributed by atoms with Gasteiger partial charge >= 0.3 is 0 Å². The second-order valence-electron chi connectivity index (χ2n) is 2.41. The third-order valence-corrected chi connectivity index (χ3v) is 2.63. The molecule has 0 bridgehead atoms. The number of hydrogen-bond donors (Lipinski definition) is 2. The van der Waals surface area contributed by atoms with Gasteiger partial charge in [0.25, 0.3) is 0 Å². The quantitative estimate of drug-likeness (QED) is 0.465. The summed E-state index contributed by atoms with van der Waals surface area (Å²) >= 11 is 0. The molecule has 3 nitrogen and oxygen atoms in total. The maximum atomic E-state index is 9.27. The van der Waals surface area contributed by atoms with Crippen LogP contribution in [-0.4, -0.2) is 31.7 Å². The van der Waals surface area contributed by atoms with Crippen LogP contribution in [0.5, 0.6) is 0 Å². The maximum absolute atomic E-state index is 9.27. The lowest BCUT2D eigenvalue weighted by atomic mass is 10.2. The summed E-state index contributed by atoms with van der Waals surface area (Å²) < 4.78 is 4.98. The van der Waals surface area contributed by atoms with Crippen LogP contribution < -0.4 is 0 Å². The number of rotatable bonds is 1. The van der Waals surface area contributed by atoms with Gasteiger partial charge in [0.15, 0.2) is 5.41 Å². The van der Waals surface area contributed by atoms with Crippen molar-refractivity contribution < 1.29 is 14.6 Å². The van der Waals surface area contributed by atoms with Crippen LogP contribution in [0.2, 0.25) is 0 Å². The molecule has 1 aliphatic rings. The van der Waals surface area contributed by atoms with E-state index in [1.54, 1.807) is 0 Å². The van der Waals surface area contributed by atoms with Gasteiger partial charge in [-0.1, -0.05) is 0 Å². The second kappa shape index (κ2) is 2.79. The van der Waals surface area contributed by atoms with Gasteiger partial charge in [0.05, 0.1) is 0 Å². The van der Waals surface area contributed by atoms with Crippen LogP contribution in [-0.2, 0) is 4.74 Å². The first-order chi connectivity index (χ1) is 4.27. The van der Waals surface area contributed by atoms with Crippen molar-refractivity contribution in [1.29, 1.82) is 0 Å². The molecule has 1 heterocycles. The van der Waals surface area contributed by atoms with Crippen molar-refractivity contribution in [3.8, 4) is 0 Å². The fourth-order valence-electron chi connectivity index (χ4n) is 0.962. The van der Waals surface area contributed by atoms with E-state index in [-0.39, 0.29) is 0 Å². The number of aliphatic hydroxyl groups is 1. The van der Waals surface area contributed by atoms with Gasteiger partial charge < -0.3 is 14.6 Å². The Morgan fingerprint density at radius 3 is 2.56 bits per heavy atom. The molecule has 9 heavy (non-hydrogen) atoms. The molecule has 0 radical (unpaired) electrons. The van der Waals surface area contributed by atoms with E-state index in [0.717, 1.165) is 12.8 Å². The highest BCUT2D eigenvalue weighted by Gasteiger charge is 2.29. The summed E-state index contributed by atoms with van der Waals surface area (Å²) in [5.41, 5.74) is -1.09. The summed E-state index contributed by atoms with van der Waals surface area (Å²) in [5.74, 6) is 0. The van der Waals surface area contributed by atoms with E-state index in [1.165, 1.54) is 0 Å². The zero-order valence-corrected chi connectivity index (χ0v) is 6.75. The standard InChI is InChI=1S/C5H12O3Si/c6-5(9-7)3-1-2-4-8-5/h6-7H,1-4,9H2. The van der Waals surface area contributed by atoms with Crippen LogP contribution in [0.3, 0.4) is 0 Å². The van der Waals surface area contributed by atoms with Crippen LogP contribution in [0.25, 0.3) is 0 Å². The first-order valence-corrected chi connectivity index (χ1v) is 4.58. The van der Waals surface area contributed by atoms with Gasteiger partial charge in [0.2, 0.25) is 9.76 Å². The van der Waals surface area contributed by atoms with Crippen LogP contribution in [0, 0.1) is 0 Å². The zero-order valence-electron chi connectivity index (χ0n) is 5.34. The Kier molecular flexibility index (Phi) is 2.23. The molecule has 1 atom stereocenters. The Bertz CT molecular complexity index is 90.2. The largest absolute Gasteiger partial charge is 0.432 e. The number of ether oxygens (including phenoxy) is 1. The molecular weight excluding hydrogens is 136 g/mol. The van der Waals surface area contributed by atoms with Gasteiger partial charge in [-0.05, 0) is 19.3 Å². The van der Waals surface area contributed by atoms with Gasteiger partial charge in [0.1, 0.15) is 0 Å². The molecule has 1 rings (SSSR count). The highest BCUT2D eigenvalue weighted by Crippen LogP contribution is 2.19. The van der Waals surface area contributed by atoms with Gasteiger partial charge in [-0.2, -0.15) is 0 Å². The van der Waals surface area contributed by atoms with Crippen LogP contribution in [0.15, 0.2) is 0 Å². The normalized spacial score (nSPS) is 38.0. The summed E-state index contributed by atoms with van der Waals surface area (Å²) in [4.78, 5) is 8.71. The first-order valence-electron chi connectivity index (χ1n) is 3.24. The summed E-state index contributed by atoms with van der Waals surface area (Å²) in [6.45, 7) is 0.601. The molecule has 0 aromatic carbocycles. The minimum atomic E-state index is -1.39. The first kappa shape index (κ1) is 7.21. The van der Waals surface area contributed by atoms with Crippen LogP contribution >= 0.6 is 0 Å². The molecule has 0 aromatic heterocycles. The molecule has 0 amide bonds. The smallest absolute Gasteiger partial charge is 0.222 e. The minimum absolute atomic E-state index is 0.601. The monoisotopic (exact) mass is 148 g/mol. The molecule has 0 aliphatic carbocycles. The van der Waals surface area contributed by atoms with Crippen LogP contribution in [0.4, 0.5) is 0 Å². The Morgan fingerprint density at radius 1 is 1.44 bits per heavy atom. The zero-order chi connectivity index (χ0) is 6.74. The van der Waals surface area contributed by atoms with E-state index in [2.05, 4.69) is 0 Å². The van der Waals surface area contributed by atoms with Crippen molar-refractivity contribution in [2.24, 2.45) is 0 Å². The van der Waals surface area contributed by atoms with Gasteiger partial charge in [0, 0.05) is 6.61 Å². The molecule has 0 aromatic rings. The van der Waals surface area contributed by atoms with E-state index < -0.39 is 15.2 Å². The Morgan fingerprint density at radius 2 is 2.22 bits per heavy atom. The van der Waals surface area contributed by atoms with Gasteiger partial charge in [-0.3, -0.25) is 0 Å². The Labute approximate surface area is 56.6 Å². The Balaban J connectivity index is 2.37. The summed E-state index contributed by atoms with van der Waals surface area (Å²) in [5, 5.41) is 9.27. The fraction of sp³-hybridized carbons (Fsp3) is 1.00. The molecule has 1 fully saturated rings. The van der Waals surface area contributed by atoms with Crippen molar-refractivity contribution in [3.63, 3.8) is 0 Å². The summed E-state index contributed by atoms with van der Waals surface area (Å²) in [7, 11) is -1.39. The predicted octanol–water partition coefficient (Wildman–Crippen LogP) is -1.09. The average Bonchev–Trinajstić information content (AvgIpc) is 1.90. The third kappa shape index (κ3) is 1.75. The molecule has 0 saturated carbocycles. The van der Waals surface area contributed by atoms with E-state index >= 15 is 0 Å². The minimum Gasteiger partial charge on any atom is -0.432 e. The molecule has 1 unspecified atom stereocenters. The van der Waals surface area contributed by atoms with Crippen molar-refractivity contribution in [2.45, 2.75) is 24.7 Å². The second-order valence-corrected chi connectivity index (χ2v) is 3.83. The van der Waals surface area contributed by atoms with Crippen LogP contribution in [0.1, 0.15) is 19.3 Å². The highest BCUT2D eigenvalue weighted by atomic mass is 28.2. The molecule has 1 aliphatic heterocycles. The van der Waals surface area contributed by atoms with Crippen molar-refractivity contribution in [2.75, 3.05) is 6.61 Å². The SMILES string of the molecule is O[SiH2]C1(O)CCCCO1. The summed E-state index contributed by atoms with van der Waals surface area (Å²) in [6, 6.07) is 0. The molecule has 2 N–H and O–H groups in total. The van der Waals surface area contributed by atoms with Crippen molar-refractivity contribution >= 4 is 9.76 Å². The van der Waals surface area contributed by atoms with Gasteiger partial charge in [-0.25, -0.2) is 0 Å². The molecular formula is C5H12O3Si. The summed E-state index contributed by atoms with van der Waals surface area (Å²) in [6.07, 6.45) is 2.61. The molecule has 4 heteroatoms.